The lowest BCUT2D eigenvalue weighted by Gasteiger charge is -2.37. The zero-order valence-corrected chi connectivity index (χ0v) is 19.8. The maximum Gasteiger partial charge on any atom is 0.259 e. The first-order valence-corrected chi connectivity index (χ1v) is 11.4. The quantitative estimate of drug-likeness (QED) is 0.698. The SMILES string of the molecule is CCC(=O)N(C)C[C@H]1Oc2ncc(/C=C/c3ccccc3)cc2C(=O)N([C@H](C)CO)C[C@H]1C. The van der Waals surface area contributed by atoms with Crippen molar-refractivity contribution < 1.29 is 19.4 Å². The molecule has 0 saturated carbocycles. The number of amides is 2. The Morgan fingerprint density at radius 3 is 2.67 bits per heavy atom. The summed E-state index contributed by atoms with van der Waals surface area (Å²) in [6.07, 6.45) is 5.61. The lowest BCUT2D eigenvalue weighted by Crippen LogP contribution is -2.50. The highest BCUT2D eigenvalue weighted by Crippen LogP contribution is 2.28. The van der Waals surface area contributed by atoms with Crippen molar-refractivity contribution in [2.45, 2.75) is 39.3 Å². The maximum atomic E-state index is 13.5. The molecule has 0 saturated heterocycles. The standard InChI is InChI=1S/C26H33N3O4/c1-5-24(31)28(4)16-23-18(2)15-29(19(3)17-30)26(32)22-13-21(14-27-25(22)33-23)12-11-20-9-7-6-8-10-20/h6-14,18-19,23,30H,5,15-17H2,1-4H3/b12-11+/t18-,19-,23-/m1/s1. The summed E-state index contributed by atoms with van der Waals surface area (Å²) in [5.41, 5.74) is 2.17. The highest BCUT2D eigenvalue weighted by Gasteiger charge is 2.34. The summed E-state index contributed by atoms with van der Waals surface area (Å²) in [6.45, 7) is 6.28. The molecule has 2 amide bonds. The van der Waals surface area contributed by atoms with Gasteiger partial charge >= 0.3 is 0 Å². The fraction of sp³-hybridized carbons (Fsp3) is 0.423. The lowest BCUT2D eigenvalue weighted by molar-refractivity contribution is -0.131. The van der Waals surface area contributed by atoms with Crippen LogP contribution in [0, 0.1) is 5.92 Å². The first-order chi connectivity index (χ1) is 15.8. The monoisotopic (exact) mass is 451 g/mol. The molecule has 2 aromatic rings. The average Bonchev–Trinajstić information content (AvgIpc) is 2.84. The molecule has 1 aliphatic heterocycles. The Labute approximate surface area is 195 Å². The Morgan fingerprint density at radius 2 is 2.00 bits per heavy atom. The van der Waals surface area contributed by atoms with Crippen LogP contribution < -0.4 is 4.74 Å². The van der Waals surface area contributed by atoms with Gasteiger partial charge in [0.1, 0.15) is 11.7 Å². The summed E-state index contributed by atoms with van der Waals surface area (Å²) in [6, 6.07) is 11.3. The normalized spacial score (nSPS) is 19.4. The van der Waals surface area contributed by atoms with E-state index in [-0.39, 0.29) is 42.4 Å². The molecule has 1 aliphatic rings. The van der Waals surface area contributed by atoms with Gasteiger partial charge in [-0.2, -0.15) is 0 Å². The number of likely N-dealkylation sites (N-methyl/N-ethyl adjacent to an activating group) is 1. The zero-order valence-electron chi connectivity index (χ0n) is 19.8. The zero-order chi connectivity index (χ0) is 24.0. The van der Waals surface area contributed by atoms with Crippen LogP contribution in [-0.2, 0) is 4.79 Å². The van der Waals surface area contributed by atoms with Crippen molar-refractivity contribution in [3.63, 3.8) is 0 Å². The molecule has 0 unspecified atom stereocenters. The minimum atomic E-state index is -0.356. The highest BCUT2D eigenvalue weighted by atomic mass is 16.5. The molecular weight excluding hydrogens is 418 g/mol. The molecule has 3 atom stereocenters. The Bertz CT molecular complexity index is 992. The van der Waals surface area contributed by atoms with Crippen LogP contribution in [-0.4, -0.2) is 70.6 Å². The van der Waals surface area contributed by atoms with Crippen molar-refractivity contribution in [2.24, 2.45) is 5.92 Å². The summed E-state index contributed by atoms with van der Waals surface area (Å²) >= 11 is 0. The van der Waals surface area contributed by atoms with E-state index in [0.29, 0.717) is 25.1 Å². The van der Waals surface area contributed by atoms with Gasteiger partial charge in [-0.25, -0.2) is 4.98 Å². The molecule has 1 aromatic carbocycles. The summed E-state index contributed by atoms with van der Waals surface area (Å²) in [5.74, 6) is -0.0139. The van der Waals surface area contributed by atoms with Crippen LogP contribution in [0.1, 0.15) is 48.7 Å². The van der Waals surface area contributed by atoms with E-state index in [1.165, 1.54) is 0 Å². The van der Waals surface area contributed by atoms with Gasteiger partial charge in [0.15, 0.2) is 0 Å². The van der Waals surface area contributed by atoms with Crippen LogP contribution in [0.3, 0.4) is 0 Å². The molecule has 0 aliphatic carbocycles. The van der Waals surface area contributed by atoms with E-state index in [0.717, 1.165) is 11.1 Å². The number of aliphatic hydroxyl groups excluding tert-OH is 1. The summed E-state index contributed by atoms with van der Waals surface area (Å²) in [4.78, 5) is 33.4. The molecule has 33 heavy (non-hydrogen) atoms. The molecule has 0 bridgehead atoms. The van der Waals surface area contributed by atoms with Crippen molar-refractivity contribution >= 4 is 24.0 Å². The van der Waals surface area contributed by atoms with E-state index in [9.17, 15) is 14.7 Å². The number of hydrogen-bond acceptors (Lipinski definition) is 5. The molecule has 0 fully saturated rings. The molecule has 176 valence electrons. The van der Waals surface area contributed by atoms with Gasteiger partial charge < -0.3 is 19.6 Å². The predicted octanol–water partition coefficient (Wildman–Crippen LogP) is 3.34. The number of hydrogen-bond donors (Lipinski definition) is 1. The number of carbonyl (C=O) groups is 2. The lowest BCUT2D eigenvalue weighted by atomic mass is 9.99. The highest BCUT2D eigenvalue weighted by molar-refractivity contribution is 5.97. The summed E-state index contributed by atoms with van der Waals surface area (Å²) < 4.78 is 6.23. The topological polar surface area (TPSA) is 83.0 Å². The Hall–Kier alpha value is -3.19. The second kappa shape index (κ2) is 11.1. The summed E-state index contributed by atoms with van der Waals surface area (Å²) in [5, 5.41) is 9.78. The van der Waals surface area contributed by atoms with E-state index in [1.54, 1.807) is 29.1 Å². The third-order valence-corrected chi connectivity index (χ3v) is 5.99. The molecule has 1 N–H and O–H groups in total. The Morgan fingerprint density at radius 1 is 1.30 bits per heavy atom. The predicted molar refractivity (Wildman–Crippen MR) is 129 cm³/mol. The van der Waals surface area contributed by atoms with Gasteiger partial charge in [-0.3, -0.25) is 9.59 Å². The largest absolute Gasteiger partial charge is 0.472 e. The number of aliphatic hydroxyl groups is 1. The van der Waals surface area contributed by atoms with Gasteiger partial charge in [-0.1, -0.05) is 56.3 Å². The summed E-state index contributed by atoms with van der Waals surface area (Å²) in [7, 11) is 1.76. The number of carbonyl (C=O) groups excluding carboxylic acids is 2. The molecule has 3 rings (SSSR count). The molecule has 2 heterocycles. The molecule has 7 nitrogen and oxygen atoms in total. The van der Waals surface area contributed by atoms with Crippen LogP contribution in [0.2, 0.25) is 0 Å². The fourth-order valence-electron chi connectivity index (χ4n) is 3.83. The van der Waals surface area contributed by atoms with Crippen LogP contribution in [0.5, 0.6) is 5.88 Å². The molecular formula is C26H33N3O4. The van der Waals surface area contributed by atoms with Gasteiger partial charge in [-0.15, -0.1) is 0 Å². The number of fused-ring (bicyclic) bond motifs is 1. The van der Waals surface area contributed by atoms with Gasteiger partial charge in [-0.05, 0) is 24.1 Å². The van der Waals surface area contributed by atoms with E-state index in [2.05, 4.69) is 4.98 Å². The molecule has 7 heteroatoms. The van der Waals surface area contributed by atoms with Crippen molar-refractivity contribution in [3.8, 4) is 5.88 Å². The molecule has 1 aromatic heterocycles. The second-order valence-corrected chi connectivity index (χ2v) is 8.62. The Kier molecular flexibility index (Phi) is 8.22. The van der Waals surface area contributed by atoms with Gasteiger partial charge in [0, 0.05) is 32.1 Å². The third-order valence-electron chi connectivity index (χ3n) is 5.99. The minimum absolute atomic E-state index is 0.0269. The van der Waals surface area contributed by atoms with Crippen molar-refractivity contribution in [1.82, 2.24) is 14.8 Å². The number of benzene rings is 1. The van der Waals surface area contributed by atoms with Crippen molar-refractivity contribution in [2.75, 3.05) is 26.7 Å². The van der Waals surface area contributed by atoms with E-state index >= 15 is 0 Å². The average molecular weight is 452 g/mol. The minimum Gasteiger partial charge on any atom is -0.472 e. The number of aromatic nitrogens is 1. The smallest absolute Gasteiger partial charge is 0.259 e. The maximum absolute atomic E-state index is 13.5. The molecule has 0 radical (unpaired) electrons. The molecule has 0 spiro atoms. The van der Waals surface area contributed by atoms with Crippen molar-refractivity contribution in [3.05, 3.63) is 59.3 Å². The number of rotatable bonds is 7. The third kappa shape index (κ3) is 5.99. The van der Waals surface area contributed by atoms with Crippen LogP contribution in [0.25, 0.3) is 12.2 Å². The first kappa shape index (κ1) is 24.5. The van der Waals surface area contributed by atoms with Gasteiger partial charge in [0.05, 0.1) is 19.2 Å². The van der Waals surface area contributed by atoms with E-state index in [4.69, 9.17) is 4.74 Å². The van der Waals surface area contributed by atoms with E-state index < -0.39 is 0 Å². The first-order valence-electron chi connectivity index (χ1n) is 11.4. The fourth-order valence-corrected chi connectivity index (χ4v) is 3.83. The van der Waals surface area contributed by atoms with Crippen molar-refractivity contribution in [1.29, 1.82) is 0 Å². The number of ether oxygens (including phenoxy) is 1. The Balaban J connectivity index is 1.96. The number of pyridine rings is 1. The van der Waals surface area contributed by atoms with Crippen LogP contribution in [0.4, 0.5) is 0 Å². The number of nitrogens with zero attached hydrogens (tertiary/aromatic N) is 3. The second-order valence-electron chi connectivity index (χ2n) is 8.62. The van der Waals surface area contributed by atoms with Gasteiger partial charge in [0.2, 0.25) is 11.8 Å². The van der Waals surface area contributed by atoms with Crippen LogP contribution >= 0.6 is 0 Å². The van der Waals surface area contributed by atoms with E-state index in [1.807, 2.05) is 63.3 Å². The van der Waals surface area contributed by atoms with Crippen LogP contribution in [0.15, 0.2) is 42.6 Å². The van der Waals surface area contributed by atoms with Gasteiger partial charge in [0.25, 0.3) is 5.91 Å².